The maximum atomic E-state index is 12.1. The van der Waals surface area contributed by atoms with Gasteiger partial charge in [-0.05, 0) is 31.9 Å². The maximum absolute atomic E-state index is 12.1. The second-order valence-electron chi connectivity index (χ2n) is 6.01. The van der Waals surface area contributed by atoms with Crippen molar-refractivity contribution >= 4 is 28.2 Å². The first kappa shape index (κ1) is 15.9. The van der Waals surface area contributed by atoms with E-state index in [-0.39, 0.29) is 5.91 Å². The highest BCUT2D eigenvalue weighted by molar-refractivity contribution is 7.13. The number of nitrogens with one attached hydrogen (secondary N) is 2. The summed E-state index contributed by atoms with van der Waals surface area (Å²) in [7, 11) is 0. The second kappa shape index (κ2) is 7.55. The van der Waals surface area contributed by atoms with Gasteiger partial charge in [0.2, 0.25) is 5.91 Å². The van der Waals surface area contributed by atoms with Crippen molar-refractivity contribution in [3.05, 3.63) is 35.0 Å². The van der Waals surface area contributed by atoms with Gasteiger partial charge in [-0.25, -0.2) is 9.97 Å². The third-order valence-corrected chi connectivity index (χ3v) is 4.79. The van der Waals surface area contributed by atoms with Gasteiger partial charge in [-0.1, -0.05) is 25.3 Å². The molecule has 2 N–H and O–H groups in total. The van der Waals surface area contributed by atoms with Crippen LogP contribution in [0.3, 0.4) is 0 Å². The average molecular weight is 330 g/mol. The van der Waals surface area contributed by atoms with Gasteiger partial charge >= 0.3 is 0 Å². The lowest BCUT2D eigenvalue weighted by Crippen LogP contribution is -2.37. The van der Waals surface area contributed by atoms with Crippen LogP contribution in [0.5, 0.6) is 0 Å². The van der Waals surface area contributed by atoms with Gasteiger partial charge in [0.1, 0.15) is 5.82 Å². The van der Waals surface area contributed by atoms with Gasteiger partial charge in [-0.2, -0.15) is 0 Å². The van der Waals surface area contributed by atoms with Crippen LogP contribution in [0.4, 0.5) is 10.9 Å². The third kappa shape index (κ3) is 4.76. The van der Waals surface area contributed by atoms with Crippen LogP contribution in [0.2, 0.25) is 0 Å². The number of hydrogen-bond donors (Lipinski definition) is 2. The monoisotopic (exact) mass is 330 g/mol. The number of anilines is 2. The summed E-state index contributed by atoms with van der Waals surface area (Å²) in [5.74, 6) is 0.847. The Morgan fingerprint density at radius 2 is 2.09 bits per heavy atom. The smallest absolute Gasteiger partial charge is 0.226 e. The fourth-order valence-electron chi connectivity index (χ4n) is 2.86. The number of pyridine rings is 1. The summed E-state index contributed by atoms with van der Waals surface area (Å²) in [6.45, 7) is 1.95. The number of carbonyl (C=O) groups is 1. The first-order chi connectivity index (χ1) is 11.2. The molecule has 122 valence electrons. The minimum atomic E-state index is 0.0717. The van der Waals surface area contributed by atoms with E-state index in [4.69, 9.17) is 0 Å². The van der Waals surface area contributed by atoms with E-state index in [2.05, 4.69) is 20.6 Å². The van der Waals surface area contributed by atoms with E-state index >= 15 is 0 Å². The summed E-state index contributed by atoms with van der Waals surface area (Å²) in [6, 6.07) is 6.17. The Labute approximate surface area is 140 Å². The lowest BCUT2D eigenvalue weighted by molar-refractivity contribution is -0.121. The van der Waals surface area contributed by atoms with Crippen molar-refractivity contribution in [2.24, 2.45) is 0 Å². The van der Waals surface area contributed by atoms with Crippen molar-refractivity contribution in [3.63, 3.8) is 0 Å². The number of carbonyl (C=O) groups excluding carboxylic acids is 1. The summed E-state index contributed by atoms with van der Waals surface area (Å²) < 4.78 is 0. The van der Waals surface area contributed by atoms with Crippen LogP contribution in [0.1, 0.15) is 43.5 Å². The Kier molecular flexibility index (Phi) is 5.23. The molecule has 3 rings (SSSR count). The normalized spacial score (nSPS) is 15.3. The predicted octanol–water partition coefficient (Wildman–Crippen LogP) is 3.58. The summed E-state index contributed by atoms with van der Waals surface area (Å²) in [5.41, 5.74) is 1.76. The molecule has 0 unspecified atom stereocenters. The molecule has 2 aromatic rings. The maximum Gasteiger partial charge on any atom is 0.226 e. The van der Waals surface area contributed by atoms with E-state index in [1.807, 2.05) is 30.5 Å². The molecule has 1 fully saturated rings. The van der Waals surface area contributed by atoms with Crippen molar-refractivity contribution < 1.29 is 4.79 Å². The first-order valence-corrected chi connectivity index (χ1v) is 9.01. The fourth-order valence-corrected chi connectivity index (χ4v) is 3.58. The zero-order valence-corrected chi connectivity index (χ0v) is 14.2. The molecule has 0 spiro atoms. The molecule has 0 radical (unpaired) electrons. The largest absolute Gasteiger partial charge is 0.353 e. The molecule has 0 saturated heterocycles. The summed E-state index contributed by atoms with van der Waals surface area (Å²) in [4.78, 5) is 21.0. The van der Waals surface area contributed by atoms with E-state index in [1.54, 1.807) is 0 Å². The minimum absolute atomic E-state index is 0.0717. The standard InChI is InChI=1S/C17H22N4OS/c1-12-6-5-9-15(18-12)21-17-20-14(11-23-17)10-16(22)19-13-7-3-2-4-8-13/h5-6,9,11,13H,2-4,7-8,10H2,1H3,(H,19,22)(H,18,20,21). The Morgan fingerprint density at radius 3 is 2.87 bits per heavy atom. The number of aromatic nitrogens is 2. The second-order valence-corrected chi connectivity index (χ2v) is 6.87. The molecule has 1 aliphatic carbocycles. The van der Waals surface area contributed by atoms with Crippen LogP contribution in [-0.4, -0.2) is 21.9 Å². The van der Waals surface area contributed by atoms with Crippen LogP contribution < -0.4 is 10.6 Å². The SMILES string of the molecule is Cc1cccc(Nc2nc(CC(=O)NC3CCCCC3)cs2)n1. The first-order valence-electron chi connectivity index (χ1n) is 8.13. The van der Waals surface area contributed by atoms with Crippen molar-refractivity contribution in [1.82, 2.24) is 15.3 Å². The van der Waals surface area contributed by atoms with E-state index < -0.39 is 0 Å². The molecule has 2 heterocycles. The van der Waals surface area contributed by atoms with Crippen LogP contribution in [0.15, 0.2) is 23.6 Å². The average Bonchev–Trinajstić information content (AvgIpc) is 2.95. The molecule has 0 bridgehead atoms. The van der Waals surface area contributed by atoms with E-state index in [0.29, 0.717) is 12.5 Å². The van der Waals surface area contributed by atoms with Gasteiger partial charge in [-0.15, -0.1) is 11.3 Å². The van der Waals surface area contributed by atoms with Crippen molar-refractivity contribution in [3.8, 4) is 0 Å². The topological polar surface area (TPSA) is 66.9 Å². The van der Waals surface area contributed by atoms with Crippen molar-refractivity contribution in [1.29, 1.82) is 0 Å². The van der Waals surface area contributed by atoms with Gasteiger partial charge < -0.3 is 10.6 Å². The lowest BCUT2D eigenvalue weighted by Gasteiger charge is -2.22. The molecule has 1 aliphatic rings. The highest BCUT2D eigenvalue weighted by atomic mass is 32.1. The minimum Gasteiger partial charge on any atom is -0.353 e. The highest BCUT2D eigenvalue weighted by Crippen LogP contribution is 2.21. The van der Waals surface area contributed by atoms with E-state index in [9.17, 15) is 4.79 Å². The molecule has 1 amide bonds. The van der Waals surface area contributed by atoms with Crippen molar-refractivity contribution in [2.45, 2.75) is 51.5 Å². The summed E-state index contributed by atoms with van der Waals surface area (Å²) in [5, 5.41) is 9.01. The number of aryl methyl sites for hydroxylation is 1. The van der Waals surface area contributed by atoms with Crippen LogP contribution >= 0.6 is 11.3 Å². The molecule has 23 heavy (non-hydrogen) atoms. The van der Waals surface area contributed by atoms with Gasteiger partial charge in [0.15, 0.2) is 5.13 Å². The Balaban J connectivity index is 1.53. The molecule has 0 aromatic carbocycles. The molecular weight excluding hydrogens is 308 g/mol. The number of thiazole rings is 1. The quantitative estimate of drug-likeness (QED) is 0.879. The highest BCUT2D eigenvalue weighted by Gasteiger charge is 2.16. The van der Waals surface area contributed by atoms with Gasteiger partial charge in [0, 0.05) is 17.1 Å². The molecule has 2 aromatic heterocycles. The van der Waals surface area contributed by atoms with Gasteiger partial charge in [0.05, 0.1) is 12.1 Å². The Bertz CT molecular complexity index is 664. The van der Waals surface area contributed by atoms with Crippen molar-refractivity contribution in [2.75, 3.05) is 5.32 Å². The number of rotatable bonds is 5. The molecule has 1 saturated carbocycles. The van der Waals surface area contributed by atoms with E-state index in [1.165, 1.54) is 30.6 Å². The zero-order valence-electron chi connectivity index (χ0n) is 13.3. The Morgan fingerprint density at radius 1 is 1.26 bits per heavy atom. The molecule has 6 heteroatoms. The summed E-state index contributed by atoms with van der Waals surface area (Å²) >= 11 is 1.50. The zero-order chi connectivity index (χ0) is 16.1. The van der Waals surface area contributed by atoms with Gasteiger partial charge in [0.25, 0.3) is 0 Å². The van der Waals surface area contributed by atoms with Crippen LogP contribution in [-0.2, 0) is 11.2 Å². The van der Waals surface area contributed by atoms with Crippen LogP contribution in [0, 0.1) is 6.92 Å². The molecule has 0 aliphatic heterocycles. The fraction of sp³-hybridized carbons (Fsp3) is 0.471. The number of nitrogens with zero attached hydrogens (tertiary/aromatic N) is 2. The summed E-state index contributed by atoms with van der Waals surface area (Å²) in [6.07, 6.45) is 6.29. The molecule has 0 atom stereocenters. The predicted molar refractivity (Wildman–Crippen MR) is 93.1 cm³/mol. The molecular formula is C17H22N4OS. The Hall–Kier alpha value is -1.95. The lowest BCUT2D eigenvalue weighted by atomic mass is 9.95. The number of amides is 1. The number of hydrogen-bond acceptors (Lipinski definition) is 5. The third-order valence-electron chi connectivity index (χ3n) is 3.99. The van der Waals surface area contributed by atoms with Gasteiger partial charge in [-0.3, -0.25) is 4.79 Å². The molecule has 5 nitrogen and oxygen atoms in total. The van der Waals surface area contributed by atoms with E-state index in [0.717, 1.165) is 35.2 Å². The van der Waals surface area contributed by atoms with Crippen LogP contribution in [0.25, 0.3) is 0 Å².